The van der Waals surface area contributed by atoms with E-state index in [0.29, 0.717) is 6.42 Å². The highest BCUT2D eigenvalue weighted by atomic mass is 19.4. The van der Waals surface area contributed by atoms with E-state index < -0.39 is 18.3 Å². The van der Waals surface area contributed by atoms with E-state index >= 15 is 0 Å². The first kappa shape index (κ1) is 12.7. The van der Waals surface area contributed by atoms with Gasteiger partial charge in [-0.05, 0) is 25.8 Å². The fraction of sp³-hybridized carbons (Fsp3) is 0.909. The Morgan fingerprint density at radius 1 is 1.35 bits per heavy atom. The van der Waals surface area contributed by atoms with E-state index in [1.54, 1.807) is 0 Å². The van der Waals surface area contributed by atoms with Crippen LogP contribution >= 0.6 is 0 Å². The van der Waals surface area contributed by atoms with Crippen LogP contribution in [0.2, 0.25) is 0 Å². The molecule has 17 heavy (non-hydrogen) atoms. The Balaban J connectivity index is 2.07. The van der Waals surface area contributed by atoms with Crippen LogP contribution in [-0.4, -0.2) is 42.3 Å². The zero-order chi connectivity index (χ0) is 12.5. The van der Waals surface area contributed by atoms with E-state index in [1.807, 2.05) is 0 Å². The predicted octanol–water partition coefficient (Wildman–Crippen LogP) is 1.66. The molecule has 0 aromatic carbocycles. The largest absolute Gasteiger partial charge is 0.401 e. The number of nitriles is 1. The highest BCUT2D eigenvalue weighted by Crippen LogP contribution is 2.35. The molecule has 0 bridgehead atoms. The third kappa shape index (κ3) is 2.55. The fourth-order valence-electron chi connectivity index (χ4n) is 2.94. The molecule has 0 aromatic heterocycles. The molecule has 2 aliphatic rings. The van der Waals surface area contributed by atoms with Gasteiger partial charge in [0.25, 0.3) is 0 Å². The van der Waals surface area contributed by atoms with Crippen LogP contribution in [0.3, 0.4) is 0 Å². The lowest BCUT2D eigenvalue weighted by Gasteiger charge is -2.37. The predicted molar refractivity (Wildman–Crippen MR) is 56.2 cm³/mol. The molecule has 2 saturated heterocycles. The van der Waals surface area contributed by atoms with Crippen molar-refractivity contribution in [1.82, 2.24) is 10.2 Å². The summed E-state index contributed by atoms with van der Waals surface area (Å²) in [6, 6.07) is 2.04. The summed E-state index contributed by atoms with van der Waals surface area (Å²) in [6.07, 6.45) is -0.871. The topological polar surface area (TPSA) is 39.1 Å². The van der Waals surface area contributed by atoms with Gasteiger partial charge in [0.1, 0.15) is 5.54 Å². The zero-order valence-corrected chi connectivity index (χ0v) is 9.56. The molecule has 3 nitrogen and oxygen atoms in total. The Bertz CT molecular complexity index is 323. The van der Waals surface area contributed by atoms with Crippen LogP contribution in [0.1, 0.15) is 25.7 Å². The molecular weight excluding hydrogens is 231 g/mol. The number of hydrogen-bond acceptors (Lipinski definition) is 3. The normalized spacial score (nSPS) is 34.4. The molecule has 0 aliphatic carbocycles. The van der Waals surface area contributed by atoms with Crippen molar-refractivity contribution in [3.05, 3.63) is 0 Å². The van der Waals surface area contributed by atoms with Crippen LogP contribution in [-0.2, 0) is 0 Å². The molecule has 2 fully saturated rings. The van der Waals surface area contributed by atoms with Crippen molar-refractivity contribution in [2.75, 3.05) is 19.6 Å². The van der Waals surface area contributed by atoms with Gasteiger partial charge < -0.3 is 0 Å². The smallest absolute Gasteiger partial charge is 0.297 e. The first-order valence-electron chi connectivity index (χ1n) is 5.94. The van der Waals surface area contributed by atoms with Crippen molar-refractivity contribution >= 4 is 0 Å². The fourth-order valence-corrected chi connectivity index (χ4v) is 2.94. The Morgan fingerprint density at radius 2 is 2.12 bits per heavy atom. The van der Waals surface area contributed by atoms with E-state index in [9.17, 15) is 18.4 Å². The van der Waals surface area contributed by atoms with E-state index in [1.165, 1.54) is 0 Å². The lowest BCUT2D eigenvalue weighted by atomic mass is 9.86. The van der Waals surface area contributed by atoms with E-state index in [2.05, 4.69) is 16.3 Å². The van der Waals surface area contributed by atoms with Gasteiger partial charge in [-0.2, -0.15) is 18.4 Å². The zero-order valence-electron chi connectivity index (χ0n) is 9.56. The lowest BCUT2D eigenvalue weighted by Crippen LogP contribution is -2.56. The Labute approximate surface area is 98.6 Å². The standard InChI is InChI=1S/C11H16F3N3/c12-11(13,14)8-16-10(7-15)4-6-17-5-2-1-3-9(10)17/h9,16H,1-6,8H2. The molecule has 2 atom stereocenters. The number of piperidine rings is 1. The molecule has 0 spiro atoms. The molecule has 2 heterocycles. The third-order valence-corrected chi connectivity index (χ3v) is 3.78. The monoisotopic (exact) mass is 247 g/mol. The SMILES string of the molecule is N#CC1(NCC(F)(F)F)CCN2CCCCC21. The Kier molecular flexibility index (Phi) is 3.32. The van der Waals surface area contributed by atoms with E-state index in [4.69, 9.17) is 0 Å². The van der Waals surface area contributed by atoms with Gasteiger partial charge in [0, 0.05) is 12.6 Å². The van der Waals surface area contributed by atoms with Gasteiger partial charge in [0.2, 0.25) is 0 Å². The molecule has 0 radical (unpaired) electrons. The number of hydrogen-bond donors (Lipinski definition) is 1. The lowest BCUT2D eigenvalue weighted by molar-refractivity contribution is -0.128. The summed E-state index contributed by atoms with van der Waals surface area (Å²) in [5, 5.41) is 11.7. The first-order valence-corrected chi connectivity index (χ1v) is 5.94. The Hall–Kier alpha value is -0.800. The number of nitrogens with one attached hydrogen (secondary N) is 1. The average Bonchev–Trinajstić information content (AvgIpc) is 2.66. The molecule has 2 unspecified atom stereocenters. The molecule has 2 rings (SSSR count). The molecule has 6 heteroatoms. The van der Waals surface area contributed by atoms with Crippen LogP contribution in [0.25, 0.3) is 0 Å². The van der Waals surface area contributed by atoms with Gasteiger partial charge in [-0.1, -0.05) is 6.42 Å². The van der Waals surface area contributed by atoms with Crippen LogP contribution < -0.4 is 5.32 Å². The molecule has 96 valence electrons. The van der Waals surface area contributed by atoms with Crippen molar-refractivity contribution in [1.29, 1.82) is 5.26 Å². The van der Waals surface area contributed by atoms with Crippen LogP contribution in [0.4, 0.5) is 13.2 Å². The maximum absolute atomic E-state index is 12.3. The number of halogens is 3. The number of rotatable bonds is 2. The minimum absolute atomic E-state index is 0.0522. The minimum Gasteiger partial charge on any atom is -0.297 e. The summed E-state index contributed by atoms with van der Waals surface area (Å²) in [5.74, 6) is 0. The number of nitrogens with zero attached hydrogens (tertiary/aromatic N) is 2. The maximum atomic E-state index is 12.3. The summed E-state index contributed by atoms with van der Waals surface area (Å²) in [5.41, 5.74) is -1.00. The van der Waals surface area contributed by atoms with Gasteiger partial charge in [-0.15, -0.1) is 0 Å². The maximum Gasteiger partial charge on any atom is 0.401 e. The molecular formula is C11H16F3N3. The van der Waals surface area contributed by atoms with Gasteiger partial charge in [-0.3, -0.25) is 10.2 Å². The van der Waals surface area contributed by atoms with Crippen molar-refractivity contribution in [2.45, 2.75) is 43.4 Å². The van der Waals surface area contributed by atoms with Crippen LogP contribution in [0, 0.1) is 11.3 Å². The average molecular weight is 247 g/mol. The van der Waals surface area contributed by atoms with Crippen molar-refractivity contribution in [3.8, 4) is 6.07 Å². The molecule has 0 aromatic rings. The van der Waals surface area contributed by atoms with Crippen molar-refractivity contribution < 1.29 is 13.2 Å². The summed E-state index contributed by atoms with van der Waals surface area (Å²) in [6.45, 7) is 0.551. The number of alkyl halides is 3. The van der Waals surface area contributed by atoms with Gasteiger partial charge >= 0.3 is 6.18 Å². The first-order chi connectivity index (χ1) is 7.97. The van der Waals surface area contributed by atoms with Crippen molar-refractivity contribution in [2.24, 2.45) is 0 Å². The van der Waals surface area contributed by atoms with Crippen molar-refractivity contribution in [3.63, 3.8) is 0 Å². The number of fused-ring (bicyclic) bond motifs is 1. The van der Waals surface area contributed by atoms with Gasteiger partial charge in [0.05, 0.1) is 12.6 Å². The summed E-state index contributed by atoms with van der Waals surface area (Å²) >= 11 is 0. The summed E-state index contributed by atoms with van der Waals surface area (Å²) < 4.78 is 36.8. The summed E-state index contributed by atoms with van der Waals surface area (Å²) in [7, 11) is 0. The minimum atomic E-state index is -4.26. The van der Waals surface area contributed by atoms with E-state index in [0.717, 1.165) is 32.4 Å². The molecule has 0 saturated carbocycles. The third-order valence-electron chi connectivity index (χ3n) is 3.78. The molecule has 2 aliphatic heterocycles. The second kappa shape index (κ2) is 4.46. The van der Waals surface area contributed by atoms with Gasteiger partial charge in [-0.25, -0.2) is 0 Å². The summed E-state index contributed by atoms with van der Waals surface area (Å²) in [4.78, 5) is 2.15. The molecule has 1 N–H and O–H groups in total. The van der Waals surface area contributed by atoms with E-state index in [-0.39, 0.29) is 6.04 Å². The Morgan fingerprint density at radius 3 is 2.76 bits per heavy atom. The molecule has 0 amide bonds. The second-order valence-corrected chi connectivity index (χ2v) is 4.85. The highest BCUT2D eigenvalue weighted by molar-refractivity contribution is 5.19. The van der Waals surface area contributed by atoms with Crippen LogP contribution in [0.5, 0.6) is 0 Å². The van der Waals surface area contributed by atoms with Crippen LogP contribution in [0.15, 0.2) is 0 Å². The van der Waals surface area contributed by atoms with Gasteiger partial charge in [0.15, 0.2) is 0 Å². The second-order valence-electron chi connectivity index (χ2n) is 4.85. The quantitative estimate of drug-likeness (QED) is 0.806. The highest BCUT2D eigenvalue weighted by Gasteiger charge is 2.49.